The summed E-state index contributed by atoms with van der Waals surface area (Å²) in [5, 5.41) is 4.88. The summed E-state index contributed by atoms with van der Waals surface area (Å²) in [6.45, 7) is 3.49. The molecule has 7 nitrogen and oxygen atoms in total. The van der Waals surface area contributed by atoms with Crippen LogP contribution >= 0.6 is 11.3 Å². The minimum atomic E-state index is -0.00147. The van der Waals surface area contributed by atoms with Gasteiger partial charge in [0.15, 0.2) is 0 Å². The zero-order chi connectivity index (χ0) is 21.5. The van der Waals surface area contributed by atoms with E-state index in [0.717, 1.165) is 47.4 Å². The summed E-state index contributed by atoms with van der Waals surface area (Å²) >= 11 is 1.45. The predicted octanol–water partition coefficient (Wildman–Crippen LogP) is 3.10. The van der Waals surface area contributed by atoms with Crippen LogP contribution in [0.25, 0.3) is 11.0 Å². The van der Waals surface area contributed by atoms with Gasteiger partial charge in [-0.1, -0.05) is 24.6 Å². The number of rotatable bonds is 9. The van der Waals surface area contributed by atoms with Crippen molar-refractivity contribution in [2.24, 2.45) is 0 Å². The number of carbonyl (C=O) groups excluding carboxylic acids is 2. The molecule has 2 aromatic heterocycles. The highest BCUT2D eigenvalue weighted by atomic mass is 32.1. The minimum Gasteiger partial charge on any atom is -0.378 e. The first-order chi connectivity index (χ1) is 15.2. The minimum absolute atomic E-state index is 0.00147. The molecule has 0 bridgehead atoms. The van der Waals surface area contributed by atoms with E-state index in [4.69, 9.17) is 9.72 Å². The van der Waals surface area contributed by atoms with Crippen molar-refractivity contribution in [1.82, 2.24) is 19.8 Å². The highest BCUT2D eigenvalue weighted by molar-refractivity contribution is 7.12. The fourth-order valence-electron chi connectivity index (χ4n) is 3.82. The lowest BCUT2D eigenvalue weighted by Crippen LogP contribution is -2.42. The maximum Gasteiger partial charge on any atom is 0.261 e. The first kappa shape index (κ1) is 21.5. The molecule has 1 N–H and O–H groups in total. The molecule has 1 aliphatic heterocycles. The predicted molar refractivity (Wildman–Crippen MR) is 121 cm³/mol. The Bertz CT molecular complexity index is 1010. The fraction of sp³-hybridized carbons (Fsp3) is 0.435. The number of ether oxygens (including phenoxy) is 1. The Balaban J connectivity index is 1.31. The van der Waals surface area contributed by atoms with Gasteiger partial charge in [-0.2, -0.15) is 0 Å². The van der Waals surface area contributed by atoms with Crippen LogP contribution in [0.1, 0.15) is 34.8 Å². The van der Waals surface area contributed by atoms with E-state index < -0.39 is 0 Å². The number of para-hydroxylation sites is 2. The quantitative estimate of drug-likeness (QED) is 0.519. The van der Waals surface area contributed by atoms with Crippen molar-refractivity contribution in [1.29, 1.82) is 0 Å². The number of hydrogen-bond donors (Lipinski definition) is 1. The number of morpholine rings is 1. The van der Waals surface area contributed by atoms with Gasteiger partial charge >= 0.3 is 0 Å². The van der Waals surface area contributed by atoms with E-state index in [1.807, 2.05) is 46.7 Å². The average molecular weight is 441 g/mol. The molecular formula is C23H28N4O3S. The summed E-state index contributed by atoms with van der Waals surface area (Å²) in [6.07, 6.45) is 3.68. The van der Waals surface area contributed by atoms with Crippen LogP contribution in [0.4, 0.5) is 0 Å². The summed E-state index contributed by atoms with van der Waals surface area (Å²) in [5.41, 5.74) is 1.93. The van der Waals surface area contributed by atoms with Crippen LogP contribution in [0, 0.1) is 0 Å². The van der Waals surface area contributed by atoms with Crippen LogP contribution in [0.3, 0.4) is 0 Å². The third kappa shape index (κ3) is 5.51. The number of aryl methyl sites for hydroxylation is 1. The molecule has 1 saturated heterocycles. The number of hydrogen-bond acceptors (Lipinski definition) is 5. The Morgan fingerprint density at radius 1 is 1.06 bits per heavy atom. The number of unbranched alkanes of at least 4 members (excludes halogenated alkanes) is 2. The van der Waals surface area contributed by atoms with Gasteiger partial charge in [0.25, 0.3) is 5.91 Å². The van der Waals surface area contributed by atoms with Crippen LogP contribution in [-0.2, 0) is 22.5 Å². The van der Waals surface area contributed by atoms with E-state index in [1.54, 1.807) is 0 Å². The SMILES string of the molecule is O=C(NCCCCCc1nc2ccccc2n1CC(=O)N1CCOCC1)c1cccs1. The van der Waals surface area contributed by atoms with E-state index in [1.165, 1.54) is 11.3 Å². The first-order valence-electron chi connectivity index (χ1n) is 10.8. The molecule has 1 fully saturated rings. The van der Waals surface area contributed by atoms with Gasteiger partial charge < -0.3 is 19.5 Å². The number of aromatic nitrogens is 2. The van der Waals surface area contributed by atoms with Crippen molar-refractivity contribution >= 4 is 34.2 Å². The molecule has 1 aromatic carbocycles. The van der Waals surface area contributed by atoms with Gasteiger partial charge in [0.1, 0.15) is 12.4 Å². The van der Waals surface area contributed by atoms with Crippen molar-refractivity contribution in [3.8, 4) is 0 Å². The average Bonchev–Trinajstić information content (AvgIpc) is 3.45. The van der Waals surface area contributed by atoms with E-state index in [-0.39, 0.29) is 11.8 Å². The van der Waals surface area contributed by atoms with Gasteiger partial charge in [-0.3, -0.25) is 9.59 Å². The maximum atomic E-state index is 12.8. The monoisotopic (exact) mass is 440 g/mol. The molecule has 1 aliphatic rings. The number of fused-ring (bicyclic) bond motifs is 1. The summed E-state index contributed by atoms with van der Waals surface area (Å²) in [6, 6.07) is 11.7. The smallest absolute Gasteiger partial charge is 0.261 e. The number of nitrogens with zero attached hydrogens (tertiary/aromatic N) is 3. The summed E-state index contributed by atoms with van der Waals surface area (Å²) in [7, 11) is 0. The second-order valence-corrected chi connectivity index (χ2v) is 8.59. The van der Waals surface area contributed by atoms with Crippen LogP contribution in [0.15, 0.2) is 41.8 Å². The van der Waals surface area contributed by atoms with Crippen molar-refractivity contribution in [2.75, 3.05) is 32.8 Å². The van der Waals surface area contributed by atoms with Gasteiger partial charge in [0.2, 0.25) is 5.91 Å². The van der Waals surface area contributed by atoms with E-state index in [2.05, 4.69) is 9.88 Å². The lowest BCUT2D eigenvalue weighted by molar-refractivity contribution is -0.135. The Morgan fingerprint density at radius 2 is 1.90 bits per heavy atom. The van der Waals surface area contributed by atoms with Crippen molar-refractivity contribution in [3.63, 3.8) is 0 Å². The topological polar surface area (TPSA) is 76.5 Å². The standard InChI is InChI=1S/C23H28N4O3S/c28-22(26-12-14-30-15-13-26)17-27-19-8-4-3-7-18(19)25-21(27)10-2-1-5-11-24-23(29)20-9-6-16-31-20/h3-4,6-9,16H,1-2,5,10-15,17H2,(H,24,29). The van der Waals surface area contributed by atoms with Crippen LogP contribution < -0.4 is 5.32 Å². The fourth-order valence-corrected chi connectivity index (χ4v) is 4.46. The number of imidazole rings is 1. The van der Waals surface area contributed by atoms with E-state index in [0.29, 0.717) is 39.4 Å². The molecule has 0 atom stereocenters. The number of amides is 2. The molecule has 8 heteroatoms. The van der Waals surface area contributed by atoms with Gasteiger partial charge in [-0.05, 0) is 36.4 Å². The lowest BCUT2D eigenvalue weighted by Gasteiger charge is -2.27. The Labute approximate surface area is 186 Å². The molecule has 164 valence electrons. The van der Waals surface area contributed by atoms with Gasteiger partial charge in [0.05, 0.1) is 29.1 Å². The molecule has 4 rings (SSSR count). The zero-order valence-corrected chi connectivity index (χ0v) is 18.4. The molecule has 31 heavy (non-hydrogen) atoms. The Morgan fingerprint density at radius 3 is 2.71 bits per heavy atom. The number of carbonyl (C=O) groups is 2. The molecule has 3 aromatic rings. The summed E-state index contributed by atoms with van der Waals surface area (Å²) in [4.78, 5) is 32.2. The van der Waals surface area contributed by atoms with Crippen LogP contribution in [0.5, 0.6) is 0 Å². The van der Waals surface area contributed by atoms with E-state index >= 15 is 0 Å². The highest BCUT2D eigenvalue weighted by Gasteiger charge is 2.20. The molecule has 0 unspecified atom stereocenters. The van der Waals surface area contributed by atoms with Crippen molar-refractivity contribution in [2.45, 2.75) is 32.2 Å². The van der Waals surface area contributed by atoms with Crippen molar-refractivity contribution in [3.05, 3.63) is 52.5 Å². The van der Waals surface area contributed by atoms with Crippen LogP contribution in [0.2, 0.25) is 0 Å². The van der Waals surface area contributed by atoms with E-state index in [9.17, 15) is 9.59 Å². The third-order valence-corrected chi connectivity index (χ3v) is 6.37. The molecule has 0 radical (unpaired) electrons. The number of thiophene rings is 1. The third-order valence-electron chi connectivity index (χ3n) is 5.50. The first-order valence-corrected chi connectivity index (χ1v) is 11.7. The molecule has 0 spiro atoms. The van der Waals surface area contributed by atoms with Gasteiger partial charge in [-0.25, -0.2) is 4.98 Å². The van der Waals surface area contributed by atoms with Crippen LogP contribution in [-0.4, -0.2) is 59.1 Å². The maximum absolute atomic E-state index is 12.8. The molecule has 2 amide bonds. The van der Waals surface area contributed by atoms with Gasteiger partial charge in [0, 0.05) is 26.1 Å². The summed E-state index contributed by atoms with van der Waals surface area (Å²) < 4.78 is 7.42. The number of benzene rings is 1. The zero-order valence-electron chi connectivity index (χ0n) is 17.6. The highest BCUT2D eigenvalue weighted by Crippen LogP contribution is 2.18. The normalized spacial score (nSPS) is 14.1. The molecule has 3 heterocycles. The Kier molecular flexibility index (Phi) is 7.32. The molecular weight excluding hydrogens is 412 g/mol. The lowest BCUT2D eigenvalue weighted by atomic mass is 10.2. The Hall–Kier alpha value is -2.71. The second-order valence-electron chi connectivity index (χ2n) is 7.64. The largest absolute Gasteiger partial charge is 0.378 e. The number of nitrogens with one attached hydrogen (secondary N) is 1. The molecule has 0 aliphatic carbocycles. The molecule has 0 saturated carbocycles. The van der Waals surface area contributed by atoms with Crippen molar-refractivity contribution < 1.29 is 14.3 Å². The second kappa shape index (κ2) is 10.5. The van der Waals surface area contributed by atoms with Gasteiger partial charge in [-0.15, -0.1) is 11.3 Å². The summed E-state index contributed by atoms with van der Waals surface area (Å²) in [5.74, 6) is 1.06.